The number of fused-ring (bicyclic) bond motifs is 1. The van der Waals surface area contributed by atoms with E-state index in [1.807, 2.05) is 63.2 Å². The van der Waals surface area contributed by atoms with E-state index in [0.29, 0.717) is 31.8 Å². The predicted molar refractivity (Wildman–Crippen MR) is 150 cm³/mol. The third kappa shape index (κ3) is 8.27. The Morgan fingerprint density at radius 2 is 1.74 bits per heavy atom. The Morgan fingerprint density at radius 3 is 2.42 bits per heavy atom. The third-order valence-electron chi connectivity index (χ3n) is 6.79. The average molecular weight is 525 g/mol. The maximum Gasteiger partial charge on any atom is 0.243 e. The van der Waals surface area contributed by atoms with Crippen LogP contribution in [0.5, 0.6) is 0 Å². The molecule has 208 valence electrons. The molecule has 0 radical (unpaired) electrons. The van der Waals surface area contributed by atoms with Crippen molar-refractivity contribution < 1.29 is 19.5 Å². The molecule has 4 N–H and O–H groups in total. The van der Waals surface area contributed by atoms with E-state index in [4.69, 9.17) is 0 Å². The van der Waals surface area contributed by atoms with E-state index in [1.54, 1.807) is 4.90 Å². The second kappa shape index (κ2) is 13.2. The van der Waals surface area contributed by atoms with Gasteiger partial charge in [0.15, 0.2) is 0 Å². The Kier molecular flexibility index (Phi) is 10.3. The van der Waals surface area contributed by atoms with Crippen LogP contribution in [-0.4, -0.2) is 72.1 Å². The van der Waals surface area contributed by atoms with Crippen LogP contribution in [-0.2, 0) is 20.8 Å². The van der Waals surface area contributed by atoms with Gasteiger partial charge in [0.05, 0.1) is 6.10 Å². The summed E-state index contributed by atoms with van der Waals surface area (Å²) < 4.78 is 0. The van der Waals surface area contributed by atoms with E-state index in [1.165, 1.54) is 0 Å². The number of hydrogen-bond donors (Lipinski definition) is 4. The molecular formula is C30H44N4O4. The highest BCUT2D eigenvalue weighted by atomic mass is 16.3. The van der Waals surface area contributed by atoms with E-state index in [-0.39, 0.29) is 24.3 Å². The number of aliphatic hydroxyl groups is 1. The number of carbonyl (C=O) groups is 3. The molecule has 3 amide bonds. The van der Waals surface area contributed by atoms with Gasteiger partial charge in [0.2, 0.25) is 17.7 Å². The first-order valence-corrected chi connectivity index (χ1v) is 13.7. The van der Waals surface area contributed by atoms with Crippen LogP contribution in [0.1, 0.15) is 53.0 Å². The highest BCUT2D eigenvalue weighted by molar-refractivity contribution is 5.93. The minimum absolute atomic E-state index is 0.0669. The van der Waals surface area contributed by atoms with Gasteiger partial charge in [0, 0.05) is 31.5 Å². The summed E-state index contributed by atoms with van der Waals surface area (Å²) in [4.78, 5) is 41.3. The number of carbonyl (C=O) groups excluding carboxylic acids is 3. The minimum atomic E-state index is -0.841. The standard InChI is InChI=1S/C30H44N4O4/c1-20(2)17-31-18-24(35)19-32-27(36)25(16-21-12-13-22-9-6-7-10-23(22)15-21)33-28(37)26-11-8-14-34(26)29(38)30(3,4)5/h6-7,9-10,12-13,15,20,24-26,31,35H,8,11,14,16-19H2,1-5H3,(H,32,36)(H,33,37)/t24-,25+,26?/m0/s1. The van der Waals surface area contributed by atoms with Crippen molar-refractivity contribution in [2.24, 2.45) is 11.3 Å². The van der Waals surface area contributed by atoms with Gasteiger partial charge in [-0.05, 0) is 41.6 Å². The maximum absolute atomic E-state index is 13.4. The molecule has 38 heavy (non-hydrogen) atoms. The van der Waals surface area contributed by atoms with Crippen LogP contribution in [0.3, 0.4) is 0 Å². The molecule has 3 rings (SSSR count). The fraction of sp³-hybridized carbons (Fsp3) is 0.567. The molecule has 0 aliphatic carbocycles. The Hall–Kier alpha value is -2.97. The smallest absolute Gasteiger partial charge is 0.243 e. The third-order valence-corrected chi connectivity index (χ3v) is 6.79. The molecule has 1 heterocycles. The van der Waals surface area contributed by atoms with Crippen LogP contribution < -0.4 is 16.0 Å². The molecule has 1 aliphatic heterocycles. The van der Waals surface area contributed by atoms with Crippen LogP contribution in [0.25, 0.3) is 10.8 Å². The zero-order chi connectivity index (χ0) is 27.9. The summed E-state index contributed by atoms with van der Waals surface area (Å²) in [7, 11) is 0. The lowest BCUT2D eigenvalue weighted by molar-refractivity contribution is -0.145. The Bertz CT molecular complexity index is 1110. The lowest BCUT2D eigenvalue weighted by Gasteiger charge is -2.31. The number of hydrogen-bond acceptors (Lipinski definition) is 5. The fourth-order valence-corrected chi connectivity index (χ4v) is 4.74. The van der Waals surface area contributed by atoms with E-state index < -0.39 is 23.6 Å². The van der Waals surface area contributed by atoms with Gasteiger partial charge in [-0.3, -0.25) is 14.4 Å². The van der Waals surface area contributed by atoms with E-state index in [0.717, 1.165) is 29.3 Å². The minimum Gasteiger partial charge on any atom is -0.390 e. The summed E-state index contributed by atoms with van der Waals surface area (Å²) in [6.07, 6.45) is 0.864. The van der Waals surface area contributed by atoms with Gasteiger partial charge in [-0.2, -0.15) is 0 Å². The van der Waals surface area contributed by atoms with Crippen molar-refractivity contribution >= 4 is 28.5 Å². The Balaban J connectivity index is 1.73. The molecule has 2 aromatic rings. The summed E-state index contributed by atoms with van der Waals surface area (Å²) in [5.74, 6) is -0.289. The zero-order valence-electron chi connectivity index (χ0n) is 23.4. The lowest BCUT2D eigenvalue weighted by Crippen LogP contribution is -2.55. The van der Waals surface area contributed by atoms with Gasteiger partial charge < -0.3 is 26.0 Å². The lowest BCUT2D eigenvalue weighted by atomic mass is 9.94. The second-order valence-corrected chi connectivity index (χ2v) is 11.8. The van der Waals surface area contributed by atoms with Gasteiger partial charge in [0.25, 0.3) is 0 Å². The molecule has 0 aromatic heterocycles. The average Bonchev–Trinajstić information content (AvgIpc) is 3.35. The number of likely N-dealkylation sites (tertiary alicyclic amines) is 1. The first-order chi connectivity index (χ1) is 18.0. The summed E-state index contributed by atoms with van der Waals surface area (Å²) in [5.41, 5.74) is 0.321. The van der Waals surface area contributed by atoms with Crippen molar-refractivity contribution in [2.45, 2.75) is 72.1 Å². The topological polar surface area (TPSA) is 111 Å². The van der Waals surface area contributed by atoms with Crippen molar-refractivity contribution in [3.63, 3.8) is 0 Å². The number of amides is 3. The van der Waals surface area contributed by atoms with E-state index >= 15 is 0 Å². The predicted octanol–water partition coefficient (Wildman–Crippen LogP) is 2.63. The number of rotatable bonds is 11. The molecule has 0 spiro atoms. The quantitative estimate of drug-likeness (QED) is 0.361. The van der Waals surface area contributed by atoms with Crippen LogP contribution in [0.4, 0.5) is 0 Å². The molecule has 1 unspecified atom stereocenters. The Morgan fingerprint density at radius 1 is 1.03 bits per heavy atom. The number of benzene rings is 2. The van der Waals surface area contributed by atoms with Crippen LogP contribution in [0.2, 0.25) is 0 Å². The monoisotopic (exact) mass is 524 g/mol. The van der Waals surface area contributed by atoms with Crippen molar-refractivity contribution in [3.05, 3.63) is 48.0 Å². The van der Waals surface area contributed by atoms with Crippen molar-refractivity contribution in [1.82, 2.24) is 20.9 Å². The second-order valence-electron chi connectivity index (χ2n) is 11.8. The summed E-state index contributed by atoms with van der Waals surface area (Å²) in [6.45, 7) is 11.5. The number of nitrogens with one attached hydrogen (secondary N) is 3. The molecule has 1 fully saturated rings. The molecule has 3 atom stereocenters. The van der Waals surface area contributed by atoms with Crippen LogP contribution >= 0.6 is 0 Å². The van der Waals surface area contributed by atoms with Gasteiger partial charge in [0.1, 0.15) is 12.1 Å². The van der Waals surface area contributed by atoms with Crippen molar-refractivity contribution in [3.8, 4) is 0 Å². The molecule has 8 nitrogen and oxygen atoms in total. The first kappa shape index (κ1) is 29.6. The zero-order valence-corrected chi connectivity index (χ0v) is 23.4. The molecule has 1 saturated heterocycles. The maximum atomic E-state index is 13.4. The number of aliphatic hydroxyl groups excluding tert-OH is 1. The van der Waals surface area contributed by atoms with E-state index in [9.17, 15) is 19.5 Å². The number of nitrogens with zero attached hydrogens (tertiary/aromatic N) is 1. The van der Waals surface area contributed by atoms with Crippen LogP contribution in [0.15, 0.2) is 42.5 Å². The van der Waals surface area contributed by atoms with Crippen molar-refractivity contribution in [2.75, 3.05) is 26.2 Å². The van der Waals surface area contributed by atoms with Gasteiger partial charge in [-0.1, -0.05) is 77.1 Å². The molecule has 2 aromatic carbocycles. The molecule has 1 aliphatic rings. The van der Waals surface area contributed by atoms with Gasteiger partial charge in [-0.15, -0.1) is 0 Å². The highest BCUT2D eigenvalue weighted by Gasteiger charge is 2.39. The largest absolute Gasteiger partial charge is 0.390 e. The van der Waals surface area contributed by atoms with E-state index in [2.05, 4.69) is 29.8 Å². The normalized spacial score (nSPS) is 17.4. The summed E-state index contributed by atoms with van der Waals surface area (Å²) in [5, 5.41) is 21.4. The summed E-state index contributed by atoms with van der Waals surface area (Å²) in [6, 6.07) is 12.5. The van der Waals surface area contributed by atoms with Gasteiger partial charge in [-0.25, -0.2) is 0 Å². The van der Waals surface area contributed by atoms with Gasteiger partial charge >= 0.3 is 0 Å². The molecule has 0 bridgehead atoms. The molecule has 0 saturated carbocycles. The molecular weight excluding hydrogens is 480 g/mol. The Labute approximate surface area is 226 Å². The van der Waals surface area contributed by atoms with Crippen LogP contribution in [0, 0.1) is 11.3 Å². The fourth-order valence-electron chi connectivity index (χ4n) is 4.74. The molecule has 8 heteroatoms. The highest BCUT2D eigenvalue weighted by Crippen LogP contribution is 2.26. The van der Waals surface area contributed by atoms with Crippen molar-refractivity contribution in [1.29, 1.82) is 0 Å². The first-order valence-electron chi connectivity index (χ1n) is 13.7. The SMILES string of the molecule is CC(C)CNC[C@H](O)CNC(=O)[C@@H](Cc1ccc2ccccc2c1)NC(=O)C1CCCN1C(=O)C(C)(C)C. The summed E-state index contributed by atoms with van der Waals surface area (Å²) >= 11 is 0.